The van der Waals surface area contributed by atoms with Gasteiger partial charge in [0, 0.05) is 10.2 Å². The van der Waals surface area contributed by atoms with Crippen LogP contribution < -0.4 is 10.2 Å². The molecule has 2 aromatic rings. The number of nitrogens with one attached hydrogen (secondary N) is 1. The quantitative estimate of drug-likeness (QED) is 0.433. The fraction of sp³-hybridized carbons (Fsp3) is 0.385. The number of halogens is 1. The Balaban J connectivity index is 1.36. The van der Waals surface area contributed by atoms with Crippen molar-refractivity contribution in [1.82, 2.24) is 0 Å². The summed E-state index contributed by atoms with van der Waals surface area (Å²) in [5, 5.41) is 2.76. The smallest absolute Gasteiger partial charge is 0.338 e. The molecule has 3 atom stereocenters. The van der Waals surface area contributed by atoms with Crippen LogP contribution >= 0.6 is 15.9 Å². The van der Waals surface area contributed by atoms with E-state index in [0.717, 1.165) is 35.7 Å². The minimum Gasteiger partial charge on any atom is -0.452 e. The molecule has 0 radical (unpaired) electrons. The number of benzene rings is 2. The van der Waals surface area contributed by atoms with Crippen molar-refractivity contribution in [3.63, 3.8) is 0 Å². The van der Waals surface area contributed by atoms with Crippen molar-refractivity contribution < 1.29 is 23.9 Å². The van der Waals surface area contributed by atoms with Gasteiger partial charge in [-0.3, -0.25) is 19.3 Å². The SMILES string of the molecule is CCc1cc(Br)ccc1NC(=O)COC(=O)c1ccc(N2C(=O)[C@H]3C[C@H](C)CC[C@H]3C2=O)cc1. The molecular formula is C26H27BrN2O5. The number of rotatable bonds is 6. The topological polar surface area (TPSA) is 92.8 Å². The monoisotopic (exact) mass is 526 g/mol. The number of anilines is 2. The van der Waals surface area contributed by atoms with E-state index in [0.29, 0.717) is 17.3 Å². The van der Waals surface area contributed by atoms with Crippen molar-refractivity contribution in [2.75, 3.05) is 16.8 Å². The van der Waals surface area contributed by atoms with Gasteiger partial charge in [0.05, 0.1) is 23.1 Å². The van der Waals surface area contributed by atoms with Gasteiger partial charge in [0.25, 0.3) is 5.91 Å². The highest BCUT2D eigenvalue weighted by Crippen LogP contribution is 2.42. The van der Waals surface area contributed by atoms with E-state index < -0.39 is 18.5 Å². The molecule has 4 rings (SSSR count). The summed E-state index contributed by atoms with van der Waals surface area (Å²) in [7, 11) is 0. The average Bonchev–Trinajstić information content (AvgIpc) is 3.07. The van der Waals surface area contributed by atoms with E-state index in [1.165, 1.54) is 17.0 Å². The molecule has 2 aliphatic rings. The second-order valence-corrected chi connectivity index (χ2v) is 9.88. The molecule has 178 valence electrons. The van der Waals surface area contributed by atoms with Gasteiger partial charge in [-0.1, -0.05) is 29.8 Å². The van der Waals surface area contributed by atoms with Crippen LogP contribution in [0.4, 0.5) is 11.4 Å². The highest BCUT2D eigenvalue weighted by atomic mass is 79.9. The molecule has 3 amide bonds. The minimum atomic E-state index is -0.658. The fourth-order valence-electron chi connectivity index (χ4n) is 4.77. The number of fused-ring (bicyclic) bond motifs is 1. The highest BCUT2D eigenvalue weighted by Gasteiger charge is 2.49. The van der Waals surface area contributed by atoms with Crippen LogP contribution in [0, 0.1) is 17.8 Å². The zero-order chi connectivity index (χ0) is 24.4. The van der Waals surface area contributed by atoms with Crippen LogP contribution in [0.5, 0.6) is 0 Å². The number of imide groups is 1. The number of aryl methyl sites for hydroxylation is 1. The summed E-state index contributed by atoms with van der Waals surface area (Å²) in [4.78, 5) is 51.6. The van der Waals surface area contributed by atoms with Crippen LogP contribution in [0.1, 0.15) is 49.0 Å². The Hall–Kier alpha value is -3.00. The van der Waals surface area contributed by atoms with Crippen molar-refractivity contribution in [2.45, 2.75) is 39.5 Å². The molecule has 0 unspecified atom stereocenters. The molecule has 1 saturated heterocycles. The summed E-state index contributed by atoms with van der Waals surface area (Å²) in [6.45, 7) is 3.67. The van der Waals surface area contributed by atoms with Gasteiger partial charge >= 0.3 is 5.97 Å². The summed E-state index contributed by atoms with van der Waals surface area (Å²) < 4.78 is 6.07. The number of hydrogen-bond donors (Lipinski definition) is 1. The maximum atomic E-state index is 12.9. The van der Waals surface area contributed by atoms with E-state index in [1.807, 2.05) is 19.1 Å². The summed E-state index contributed by atoms with van der Waals surface area (Å²) in [6, 6.07) is 11.7. The minimum absolute atomic E-state index is 0.159. The van der Waals surface area contributed by atoms with E-state index in [9.17, 15) is 19.2 Å². The predicted molar refractivity (Wildman–Crippen MR) is 131 cm³/mol. The summed E-state index contributed by atoms with van der Waals surface area (Å²) in [6.07, 6.45) is 3.16. The maximum Gasteiger partial charge on any atom is 0.338 e. The number of esters is 1. The van der Waals surface area contributed by atoms with Gasteiger partial charge in [-0.2, -0.15) is 0 Å². The zero-order valence-corrected chi connectivity index (χ0v) is 20.8. The zero-order valence-electron chi connectivity index (χ0n) is 19.2. The van der Waals surface area contributed by atoms with Crippen LogP contribution in [0.25, 0.3) is 0 Å². The van der Waals surface area contributed by atoms with E-state index in [-0.39, 0.29) is 29.2 Å². The molecule has 1 aliphatic carbocycles. The van der Waals surface area contributed by atoms with E-state index >= 15 is 0 Å². The molecular weight excluding hydrogens is 500 g/mol. The van der Waals surface area contributed by atoms with Gasteiger partial charge < -0.3 is 10.1 Å². The molecule has 8 heteroatoms. The molecule has 0 aromatic heterocycles. The molecule has 1 heterocycles. The highest BCUT2D eigenvalue weighted by molar-refractivity contribution is 9.10. The van der Waals surface area contributed by atoms with E-state index in [4.69, 9.17) is 4.74 Å². The van der Waals surface area contributed by atoms with Crippen molar-refractivity contribution in [1.29, 1.82) is 0 Å². The summed E-state index contributed by atoms with van der Waals surface area (Å²) >= 11 is 3.41. The number of carbonyl (C=O) groups excluding carboxylic acids is 4. The molecule has 2 fully saturated rings. The third kappa shape index (κ3) is 4.92. The first-order chi connectivity index (χ1) is 16.3. The van der Waals surface area contributed by atoms with Crippen molar-refractivity contribution >= 4 is 51.0 Å². The molecule has 0 bridgehead atoms. The molecule has 7 nitrogen and oxygen atoms in total. The van der Waals surface area contributed by atoms with Gasteiger partial charge in [0.15, 0.2) is 6.61 Å². The molecule has 2 aromatic carbocycles. The van der Waals surface area contributed by atoms with Crippen LogP contribution in [0.3, 0.4) is 0 Å². The second-order valence-electron chi connectivity index (χ2n) is 8.97. The Labute approximate surface area is 207 Å². The number of ether oxygens (including phenoxy) is 1. The van der Waals surface area contributed by atoms with Gasteiger partial charge in [-0.25, -0.2) is 4.79 Å². The first-order valence-electron chi connectivity index (χ1n) is 11.5. The molecule has 1 N–H and O–H groups in total. The number of amides is 3. The molecule has 1 saturated carbocycles. The van der Waals surface area contributed by atoms with Crippen molar-refractivity contribution in [3.05, 3.63) is 58.1 Å². The van der Waals surface area contributed by atoms with E-state index in [2.05, 4.69) is 28.2 Å². The lowest BCUT2D eigenvalue weighted by molar-refractivity contribution is -0.122. The normalized spacial score (nSPS) is 21.9. The standard InChI is InChI=1S/C26H27BrN2O5/c1-3-16-13-18(27)7-11-22(16)28-23(30)14-34-26(33)17-5-8-19(9-6-17)29-24(31)20-10-4-15(2)12-21(20)25(29)32/h5-9,11,13,15,20-21H,3-4,10,12,14H2,1-2H3,(H,28,30)/t15-,20-,21+/m1/s1. The third-order valence-corrected chi connectivity index (χ3v) is 7.10. The van der Waals surface area contributed by atoms with Crippen LogP contribution in [0.15, 0.2) is 46.9 Å². The molecule has 0 spiro atoms. The average molecular weight is 527 g/mol. The number of nitrogens with zero attached hydrogens (tertiary/aromatic N) is 1. The third-order valence-electron chi connectivity index (χ3n) is 6.61. The first kappa shape index (κ1) is 24.1. The number of hydrogen-bond acceptors (Lipinski definition) is 5. The molecule has 34 heavy (non-hydrogen) atoms. The van der Waals surface area contributed by atoms with Gasteiger partial charge in [0.1, 0.15) is 0 Å². The Bertz CT molecular complexity index is 1130. The first-order valence-corrected chi connectivity index (χ1v) is 12.3. The van der Waals surface area contributed by atoms with Gasteiger partial charge in [-0.05, 0) is 79.6 Å². The Morgan fingerprint density at radius 1 is 1.06 bits per heavy atom. The van der Waals surface area contributed by atoms with Crippen LogP contribution in [0.2, 0.25) is 0 Å². The van der Waals surface area contributed by atoms with Gasteiger partial charge in [-0.15, -0.1) is 0 Å². The number of carbonyl (C=O) groups is 4. The predicted octanol–water partition coefficient (Wildman–Crippen LogP) is 4.73. The van der Waals surface area contributed by atoms with Crippen molar-refractivity contribution in [3.8, 4) is 0 Å². The summed E-state index contributed by atoms with van der Waals surface area (Å²) in [5.74, 6) is -1.48. The second kappa shape index (κ2) is 10.1. The summed E-state index contributed by atoms with van der Waals surface area (Å²) in [5.41, 5.74) is 2.32. The van der Waals surface area contributed by atoms with Gasteiger partial charge in [0.2, 0.25) is 11.8 Å². The van der Waals surface area contributed by atoms with Crippen LogP contribution in [-0.2, 0) is 25.5 Å². The lowest BCUT2D eigenvalue weighted by Gasteiger charge is -2.25. The lowest BCUT2D eigenvalue weighted by atomic mass is 9.76. The Kier molecular flexibility index (Phi) is 7.16. The Morgan fingerprint density at radius 2 is 1.76 bits per heavy atom. The molecule has 1 aliphatic heterocycles. The van der Waals surface area contributed by atoms with Crippen LogP contribution in [-0.4, -0.2) is 30.3 Å². The lowest BCUT2D eigenvalue weighted by Crippen LogP contribution is -2.30. The fourth-order valence-corrected chi connectivity index (χ4v) is 5.18. The maximum absolute atomic E-state index is 12.9. The van der Waals surface area contributed by atoms with Crippen molar-refractivity contribution in [2.24, 2.45) is 17.8 Å². The Morgan fingerprint density at radius 3 is 2.47 bits per heavy atom. The largest absolute Gasteiger partial charge is 0.452 e. The van der Waals surface area contributed by atoms with E-state index in [1.54, 1.807) is 18.2 Å².